The summed E-state index contributed by atoms with van der Waals surface area (Å²) in [7, 11) is 0. The molecule has 3 radical (unpaired) electrons. The molecule has 0 aliphatic carbocycles. The molecule has 0 aromatic heterocycles. The minimum atomic E-state index is -0.672. The number of hydrogen-bond donors (Lipinski definition) is 0. The van der Waals surface area contributed by atoms with Crippen LogP contribution >= 0.6 is 0 Å². The fourth-order valence-corrected chi connectivity index (χ4v) is 0.736. The maximum Gasteiger partial charge on any atom is 0.165 e. The van der Waals surface area contributed by atoms with Gasteiger partial charge in [-0.15, -0.1) is 0 Å². The molecule has 0 bridgehead atoms. The van der Waals surface area contributed by atoms with Crippen molar-refractivity contribution in [3.8, 4) is 0 Å². The molecule has 0 heterocycles. The Kier molecular flexibility index (Phi) is 2.61. The summed E-state index contributed by atoms with van der Waals surface area (Å²) in [5, 5.41) is 0. The van der Waals surface area contributed by atoms with Crippen LogP contribution in [0.25, 0.3) is 6.08 Å². The summed E-state index contributed by atoms with van der Waals surface area (Å²) in [6.45, 7) is 6.60. The minimum Gasteiger partial charge on any atom is -0.294 e. The number of allylic oxidation sites excluding steroid dienone is 1. The molecule has 0 N–H and O–H groups in total. The molecule has 1 aromatic rings. The van der Waals surface area contributed by atoms with Gasteiger partial charge in [0.05, 0.1) is 6.92 Å². The largest absolute Gasteiger partial charge is 0.294 e. The first-order valence-electron chi connectivity index (χ1n) is 3.28. The Bertz CT molecular complexity index is 259. The molecule has 1 heteroatoms. The van der Waals surface area contributed by atoms with Gasteiger partial charge in [-0.3, -0.25) is 4.79 Å². The van der Waals surface area contributed by atoms with Crippen molar-refractivity contribution >= 4 is 11.9 Å². The van der Waals surface area contributed by atoms with Gasteiger partial charge in [-0.1, -0.05) is 36.4 Å². The summed E-state index contributed by atoms with van der Waals surface area (Å²) in [4.78, 5) is 10.2. The molecule has 0 saturated carbocycles. The first kappa shape index (κ1) is 7.73. The van der Waals surface area contributed by atoms with Gasteiger partial charge in [-0.2, -0.15) is 0 Å². The van der Waals surface area contributed by atoms with E-state index in [1.54, 1.807) is 6.08 Å². The number of hydrogen-bond acceptors (Lipinski definition) is 1. The van der Waals surface area contributed by atoms with Crippen LogP contribution in [0.2, 0.25) is 0 Å². The number of ketones is 1. The molecule has 1 nitrogen and oxygen atoms in total. The van der Waals surface area contributed by atoms with E-state index in [1.165, 1.54) is 6.08 Å². The average Bonchev–Trinajstić information content (AvgIpc) is 2.03. The van der Waals surface area contributed by atoms with Gasteiger partial charge in [-0.25, -0.2) is 0 Å². The van der Waals surface area contributed by atoms with Crippen molar-refractivity contribution in [1.29, 1.82) is 0 Å². The first-order chi connectivity index (χ1) is 5.29. The van der Waals surface area contributed by atoms with E-state index in [1.807, 2.05) is 30.3 Å². The standard InChI is InChI=1S/C10H7O/c1-9(11)7-8-10-5-3-2-4-6-10/h2-8H. The number of carbonyl (C=O) groups excluding carboxylic acids is 1. The summed E-state index contributed by atoms with van der Waals surface area (Å²) >= 11 is 0. The second-order valence-electron chi connectivity index (χ2n) is 2.11. The average molecular weight is 143 g/mol. The van der Waals surface area contributed by atoms with Crippen molar-refractivity contribution in [1.82, 2.24) is 0 Å². The van der Waals surface area contributed by atoms with E-state index < -0.39 is 5.78 Å². The summed E-state index contributed by atoms with van der Waals surface area (Å²) < 4.78 is 0. The molecule has 0 atom stereocenters. The van der Waals surface area contributed by atoms with Gasteiger partial charge in [-0.05, 0) is 11.6 Å². The van der Waals surface area contributed by atoms with Crippen LogP contribution in [-0.2, 0) is 4.79 Å². The van der Waals surface area contributed by atoms with Crippen molar-refractivity contribution in [2.24, 2.45) is 0 Å². The third-order valence-electron chi connectivity index (χ3n) is 1.23. The molecule has 1 rings (SSSR count). The highest BCUT2D eigenvalue weighted by Crippen LogP contribution is 2.00. The van der Waals surface area contributed by atoms with Crippen molar-refractivity contribution in [2.45, 2.75) is 0 Å². The Morgan fingerprint density at radius 1 is 1.27 bits per heavy atom. The van der Waals surface area contributed by atoms with Crippen molar-refractivity contribution < 1.29 is 4.79 Å². The first-order valence-corrected chi connectivity index (χ1v) is 3.28. The van der Waals surface area contributed by atoms with Gasteiger partial charge in [0.15, 0.2) is 5.78 Å². The predicted octanol–water partition coefficient (Wildman–Crippen LogP) is 1.86. The lowest BCUT2D eigenvalue weighted by atomic mass is 10.2. The van der Waals surface area contributed by atoms with Crippen molar-refractivity contribution in [2.75, 3.05) is 0 Å². The SMILES string of the molecule is [C]C(=O)C=Cc1ccccc1. The molecule has 1 aromatic carbocycles. The highest BCUT2D eigenvalue weighted by atomic mass is 16.1. The number of benzene rings is 1. The molecule has 0 unspecified atom stereocenters. The van der Waals surface area contributed by atoms with E-state index in [0.717, 1.165) is 5.56 Å². The van der Waals surface area contributed by atoms with Crippen LogP contribution in [0.3, 0.4) is 0 Å². The van der Waals surface area contributed by atoms with Gasteiger partial charge in [0.2, 0.25) is 0 Å². The molecule has 53 valence electrons. The monoisotopic (exact) mass is 143 g/mol. The fourth-order valence-electron chi connectivity index (χ4n) is 0.736. The van der Waals surface area contributed by atoms with E-state index in [4.69, 9.17) is 6.92 Å². The van der Waals surface area contributed by atoms with Gasteiger partial charge < -0.3 is 0 Å². The van der Waals surface area contributed by atoms with E-state index in [9.17, 15) is 4.79 Å². The van der Waals surface area contributed by atoms with Crippen molar-refractivity contribution in [3.63, 3.8) is 0 Å². The lowest BCUT2D eigenvalue weighted by Crippen LogP contribution is -1.79. The zero-order chi connectivity index (χ0) is 8.10. The summed E-state index contributed by atoms with van der Waals surface area (Å²) in [5.74, 6) is -0.672. The van der Waals surface area contributed by atoms with E-state index in [0.29, 0.717) is 0 Å². The summed E-state index contributed by atoms with van der Waals surface area (Å²) in [6, 6.07) is 9.42. The fraction of sp³-hybridized carbons (Fsp3) is 0. The second-order valence-corrected chi connectivity index (χ2v) is 2.11. The quantitative estimate of drug-likeness (QED) is 0.577. The maximum absolute atomic E-state index is 10.2. The third-order valence-corrected chi connectivity index (χ3v) is 1.23. The Labute approximate surface area is 66.4 Å². The topological polar surface area (TPSA) is 17.1 Å². The normalized spacial score (nSPS) is 10.3. The van der Waals surface area contributed by atoms with E-state index in [-0.39, 0.29) is 0 Å². The Hall–Kier alpha value is -1.37. The molecule has 0 spiro atoms. The van der Waals surface area contributed by atoms with Crippen LogP contribution in [0.1, 0.15) is 5.56 Å². The Morgan fingerprint density at radius 2 is 1.91 bits per heavy atom. The highest BCUT2D eigenvalue weighted by Gasteiger charge is 1.84. The van der Waals surface area contributed by atoms with Gasteiger partial charge in [0, 0.05) is 0 Å². The van der Waals surface area contributed by atoms with Gasteiger partial charge in [0.1, 0.15) is 0 Å². The van der Waals surface area contributed by atoms with Crippen LogP contribution in [0.5, 0.6) is 0 Å². The van der Waals surface area contributed by atoms with Gasteiger partial charge >= 0.3 is 0 Å². The number of carbonyl (C=O) groups is 1. The van der Waals surface area contributed by atoms with E-state index >= 15 is 0 Å². The van der Waals surface area contributed by atoms with Crippen LogP contribution < -0.4 is 0 Å². The predicted molar refractivity (Wildman–Crippen MR) is 43.7 cm³/mol. The molecule has 0 aliphatic heterocycles. The molecular weight excluding hydrogens is 136 g/mol. The maximum atomic E-state index is 10.2. The summed E-state index contributed by atoms with van der Waals surface area (Å²) in [5.41, 5.74) is 0.938. The van der Waals surface area contributed by atoms with Crippen LogP contribution in [0.4, 0.5) is 0 Å². The van der Waals surface area contributed by atoms with Crippen LogP contribution in [0, 0.1) is 6.92 Å². The smallest absolute Gasteiger partial charge is 0.165 e. The second kappa shape index (κ2) is 3.71. The van der Waals surface area contributed by atoms with Crippen molar-refractivity contribution in [3.05, 3.63) is 48.9 Å². The Morgan fingerprint density at radius 3 is 2.45 bits per heavy atom. The highest BCUT2D eigenvalue weighted by molar-refractivity contribution is 5.96. The zero-order valence-corrected chi connectivity index (χ0v) is 5.95. The lowest BCUT2D eigenvalue weighted by Gasteiger charge is -1.88. The molecular formula is C10H7O. The lowest BCUT2D eigenvalue weighted by molar-refractivity contribution is -0.110. The summed E-state index contributed by atoms with van der Waals surface area (Å²) in [6.07, 6.45) is 2.85. The van der Waals surface area contributed by atoms with Crippen LogP contribution in [0.15, 0.2) is 36.4 Å². The minimum absolute atomic E-state index is 0.672. The molecule has 0 aliphatic rings. The molecule has 0 saturated heterocycles. The van der Waals surface area contributed by atoms with Crippen LogP contribution in [-0.4, -0.2) is 5.78 Å². The zero-order valence-electron chi connectivity index (χ0n) is 5.95. The molecule has 0 fully saturated rings. The number of rotatable bonds is 2. The Balaban J connectivity index is 2.72. The third kappa shape index (κ3) is 2.80. The molecule has 11 heavy (non-hydrogen) atoms. The van der Waals surface area contributed by atoms with E-state index in [2.05, 4.69) is 0 Å². The molecule has 0 amide bonds. The van der Waals surface area contributed by atoms with Gasteiger partial charge in [0.25, 0.3) is 0 Å².